The van der Waals surface area contributed by atoms with Crippen LogP contribution in [-0.4, -0.2) is 25.4 Å². The molecule has 0 unspecified atom stereocenters. The summed E-state index contributed by atoms with van der Waals surface area (Å²) in [4.78, 5) is 24.5. The molecule has 0 aliphatic rings. The average Bonchev–Trinajstić information content (AvgIpc) is 2.73. The van der Waals surface area contributed by atoms with Gasteiger partial charge < -0.3 is 14.8 Å². The third-order valence-electron chi connectivity index (χ3n) is 4.19. The fourth-order valence-corrected chi connectivity index (χ4v) is 2.57. The number of ether oxygens (including phenoxy) is 2. The number of rotatable bonds is 7. The summed E-state index contributed by atoms with van der Waals surface area (Å²) in [7, 11) is 1.55. The molecule has 0 aliphatic carbocycles. The predicted octanol–water partition coefficient (Wildman–Crippen LogP) is 4.52. The number of hydrogen-bond acceptors (Lipinski definition) is 4. The van der Waals surface area contributed by atoms with Crippen molar-refractivity contribution < 1.29 is 19.1 Å². The first-order valence-electron chi connectivity index (χ1n) is 8.83. The summed E-state index contributed by atoms with van der Waals surface area (Å²) in [5, 5.41) is 2.82. The third kappa shape index (κ3) is 4.98. The topological polar surface area (TPSA) is 64.6 Å². The second-order valence-corrected chi connectivity index (χ2v) is 6.29. The van der Waals surface area contributed by atoms with E-state index in [1.807, 2.05) is 19.1 Å². The van der Waals surface area contributed by atoms with Crippen molar-refractivity contribution >= 4 is 17.4 Å². The molecule has 0 heterocycles. The maximum atomic E-state index is 12.3. The highest BCUT2D eigenvalue weighted by Crippen LogP contribution is 2.18. The minimum atomic E-state index is -0.234. The van der Waals surface area contributed by atoms with Crippen molar-refractivity contribution in [1.29, 1.82) is 0 Å². The van der Waals surface area contributed by atoms with Crippen LogP contribution in [0.1, 0.15) is 26.3 Å². The molecule has 142 valence electrons. The minimum absolute atomic E-state index is 0.0431. The van der Waals surface area contributed by atoms with Gasteiger partial charge in [-0.1, -0.05) is 35.9 Å². The molecular formula is C23H21NO4. The molecule has 5 nitrogen and oxygen atoms in total. The molecule has 0 atom stereocenters. The van der Waals surface area contributed by atoms with Gasteiger partial charge >= 0.3 is 0 Å². The Bertz CT molecular complexity index is 963. The second kappa shape index (κ2) is 8.86. The van der Waals surface area contributed by atoms with Crippen molar-refractivity contribution in [2.24, 2.45) is 0 Å². The first-order valence-corrected chi connectivity index (χ1v) is 8.83. The van der Waals surface area contributed by atoms with Gasteiger partial charge in [-0.3, -0.25) is 9.59 Å². The first kappa shape index (κ1) is 19.2. The number of Topliss-reactive ketones (excluding diaryl/α,β-unsaturated/α-hetero) is 1. The molecule has 0 fully saturated rings. The first-order chi connectivity index (χ1) is 13.5. The van der Waals surface area contributed by atoms with Gasteiger partial charge in [-0.05, 0) is 49.4 Å². The van der Waals surface area contributed by atoms with Gasteiger partial charge in [0, 0.05) is 16.8 Å². The second-order valence-electron chi connectivity index (χ2n) is 6.29. The van der Waals surface area contributed by atoms with E-state index in [9.17, 15) is 9.59 Å². The summed E-state index contributed by atoms with van der Waals surface area (Å²) in [6.45, 7) is 1.93. The summed E-state index contributed by atoms with van der Waals surface area (Å²) >= 11 is 0. The number of anilines is 1. The van der Waals surface area contributed by atoms with Crippen LogP contribution in [0.5, 0.6) is 11.5 Å². The molecule has 28 heavy (non-hydrogen) atoms. The van der Waals surface area contributed by atoms with Crippen LogP contribution in [0.3, 0.4) is 0 Å². The summed E-state index contributed by atoms with van der Waals surface area (Å²) in [6, 6.07) is 21.2. The predicted molar refractivity (Wildman–Crippen MR) is 108 cm³/mol. The van der Waals surface area contributed by atoms with Crippen LogP contribution in [0.2, 0.25) is 0 Å². The van der Waals surface area contributed by atoms with Crippen LogP contribution in [-0.2, 0) is 0 Å². The van der Waals surface area contributed by atoms with E-state index in [-0.39, 0.29) is 18.3 Å². The zero-order valence-electron chi connectivity index (χ0n) is 15.8. The molecular weight excluding hydrogens is 354 g/mol. The van der Waals surface area contributed by atoms with E-state index in [0.717, 1.165) is 5.56 Å². The Balaban J connectivity index is 1.56. The number of ketones is 1. The standard InChI is InChI=1S/C23H21NO4/c1-16-6-8-17(9-7-16)22(25)15-28-20-12-10-19(11-13-20)24-23(26)18-4-3-5-21(14-18)27-2/h3-14H,15H2,1-2H3,(H,24,26). The van der Waals surface area contributed by atoms with E-state index >= 15 is 0 Å². The van der Waals surface area contributed by atoms with Crippen LogP contribution in [0.25, 0.3) is 0 Å². The van der Waals surface area contributed by atoms with Gasteiger partial charge in [0.2, 0.25) is 0 Å². The van der Waals surface area contributed by atoms with Crippen molar-refractivity contribution in [1.82, 2.24) is 0 Å². The Morgan fingerprint density at radius 2 is 1.57 bits per heavy atom. The van der Waals surface area contributed by atoms with Crippen molar-refractivity contribution in [2.75, 3.05) is 19.0 Å². The molecule has 5 heteroatoms. The van der Waals surface area contributed by atoms with Crippen LogP contribution in [0, 0.1) is 6.92 Å². The summed E-state index contributed by atoms with van der Waals surface area (Å²) in [5.41, 5.74) is 2.85. The van der Waals surface area contributed by atoms with E-state index in [1.165, 1.54) is 0 Å². The highest BCUT2D eigenvalue weighted by atomic mass is 16.5. The highest BCUT2D eigenvalue weighted by molar-refractivity contribution is 6.04. The lowest BCUT2D eigenvalue weighted by molar-refractivity contribution is 0.0921. The van der Waals surface area contributed by atoms with Crippen molar-refractivity contribution in [3.05, 3.63) is 89.5 Å². The van der Waals surface area contributed by atoms with E-state index in [4.69, 9.17) is 9.47 Å². The zero-order chi connectivity index (χ0) is 19.9. The number of nitrogens with one attached hydrogen (secondary N) is 1. The number of carbonyl (C=O) groups is 2. The molecule has 0 aromatic heterocycles. The molecule has 1 N–H and O–H groups in total. The molecule has 0 aliphatic heterocycles. The van der Waals surface area contributed by atoms with Gasteiger partial charge in [0.05, 0.1) is 7.11 Å². The molecule has 0 saturated carbocycles. The average molecular weight is 375 g/mol. The Kier molecular flexibility index (Phi) is 6.07. The lowest BCUT2D eigenvalue weighted by Gasteiger charge is -2.09. The van der Waals surface area contributed by atoms with Crippen molar-refractivity contribution in [3.63, 3.8) is 0 Å². The molecule has 0 spiro atoms. The quantitative estimate of drug-likeness (QED) is 0.617. The van der Waals surface area contributed by atoms with Gasteiger partial charge in [-0.25, -0.2) is 0 Å². The Labute approximate surface area is 163 Å². The molecule has 1 amide bonds. The molecule has 3 rings (SSSR count). The SMILES string of the molecule is COc1cccc(C(=O)Nc2ccc(OCC(=O)c3ccc(C)cc3)cc2)c1. The third-order valence-corrected chi connectivity index (χ3v) is 4.19. The maximum Gasteiger partial charge on any atom is 0.255 e. The van der Waals surface area contributed by atoms with Crippen LogP contribution in [0.15, 0.2) is 72.8 Å². The largest absolute Gasteiger partial charge is 0.497 e. The molecule has 0 bridgehead atoms. The number of benzene rings is 3. The summed E-state index contributed by atoms with van der Waals surface area (Å²) < 4.78 is 10.7. The highest BCUT2D eigenvalue weighted by Gasteiger charge is 2.09. The summed E-state index contributed by atoms with van der Waals surface area (Å²) in [6.07, 6.45) is 0. The van der Waals surface area contributed by atoms with Gasteiger partial charge in [0.15, 0.2) is 12.4 Å². The van der Waals surface area contributed by atoms with E-state index in [2.05, 4.69) is 5.32 Å². The van der Waals surface area contributed by atoms with Gasteiger partial charge in [-0.2, -0.15) is 0 Å². The minimum Gasteiger partial charge on any atom is -0.497 e. The zero-order valence-corrected chi connectivity index (χ0v) is 15.8. The normalized spacial score (nSPS) is 10.2. The van der Waals surface area contributed by atoms with E-state index in [0.29, 0.717) is 28.3 Å². The smallest absolute Gasteiger partial charge is 0.255 e. The lowest BCUT2D eigenvalue weighted by Crippen LogP contribution is -2.12. The fourth-order valence-electron chi connectivity index (χ4n) is 2.57. The van der Waals surface area contributed by atoms with Crippen LogP contribution < -0.4 is 14.8 Å². The Morgan fingerprint density at radius 3 is 2.25 bits per heavy atom. The Hall–Kier alpha value is -3.60. The number of aryl methyl sites for hydroxylation is 1. The number of methoxy groups -OCH3 is 1. The molecule has 0 saturated heterocycles. The summed E-state index contributed by atoms with van der Waals surface area (Å²) in [5.74, 6) is 0.854. The van der Waals surface area contributed by atoms with Gasteiger partial charge in [-0.15, -0.1) is 0 Å². The fraction of sp³-hybridized carbons (Fsp3) is 0.130. The van der Waals surface area contributed by atoms with Crippen LogP contribution in [0.4, 0.5) is 5.69 Å². The molecule has 3 aromatic rings. The monoisotopic (exact) mass is 375 g/mol. The van der Waals surface area contributed by atoms with Crippen LogP contribution >= 0.6 is 0 Å². The van der Waals surface area contributed by atoms with Crippen molar-refractivity contribution in [3.8, 4) is 11.5 Å². The number of hydrogen-bond donors (Lipinski definition) is 1. The maximum absolute atomic E-state index is 12.3. The van der Waals surface area contributed by atoms with Gasteiger partial charge in [0.25, 0.3) is 5.91 Å². The van der Waals surface area contributed by atoms with E-state index < -0.39 is 0 Å². The Morgan fingerprint density at radius 1 is 0.857 bits per heavy atom. The molecule has 0 radical (unpaired) electrons. The van der Waals surface area contributed by atoms with Gasteiger partial charge in [0.1, 0.15) is 11.5 Å². The lowest BCUT2D eigenvalue weighted by atomic mass is 10.1. The number of carbonyl (C=O) groups excluding carboxylic acids is 2. The van der Waals surface area contributed by atoms with E-state index in [1.54, 1.807) is 67.8 Å². The number of amides is 1. The molecule has 3 aromatic carbocycles. The van der Waals surface area contributed by atoms with Crippen molar-refractivity contribution in [2.45, 2.75) is 6.92 Å².